The van der Waals surface area contributed by atoms with Crippen LogP contribution in [0, 0.1) is 13.8 Å². The Morgan fingerprint density at radius 2 is 1.86 bits per heavy atom. The third kappa shape index (κ3) is 3.42. The molecule has 0 amide bonds. The Labute approximate surface area is 132 Å². The molecule has 0 aliphatic heterocycles. The molecule has 0 saturated heterocycles. The van der Waals surface area contributed by atoms with Gasteiger partial charge in [-0.15, -0.1) is 0 Å². The Hall–Kier alpha value is -1.87. The maximum atomic E-state index is 5.85. The fourth-order valence-electron chi connectivity index (χ4n) is 2.45. The number of nitrogens with one attached hydrogen (secondary N) is 1. The Bertz CT molecular complexity index is 675. The molecule has 0 aliphatic rings. The predicted octanol–water partition coefficient (Wildman–Crippen LogP) is 4.80. The minimum absolute atomic E-state index is 0.414. The number of thiocarbonyl (C=S) groups is 1. The molecule has 2 rings (SSSR count). The van der Waals surface area contributed by atoms with Gasteiger partial charge in [0.25, 0.3) is 0 Å². The third-order valence-electron chi connectivity index (χ3n) is 3.63. The summed E-state index contributed by atoms with van der Waals surface area (Å²) < 4.78 is 0. The lowest BCUT2D eigenvalue weighted by molar-refractivity contribution is 0.867. The monoisotopic (exact) mass is 298 g/mol. The normalized spacial score (nSPS) is 10.7. The number of hydrogen-bond acceptors (Lipinski definition) is 2. The van der Waals surface area contributed by atoms with E-state index in [0.29, 0.717) is 10.9 Å². The summed E-state index contributed by atoms with van der Waals surface area (Å²) in [5, 5.41) is 3.55. The molecule has 0 bridgehead atoms. The highest BCUT2D eigenvalue weighted by Crippen LogP contribution is 2.31. The molecule has 0 saturated carbocycles. The van der Waals surface area contributed by atoms with Crippen LogP contribution in [0.2, 0.25) is 0 Å². The lowest BCUT2D eigenvalue weighted by Crippen LogP contribution is -2.13. The van der Waals surface area contributed by atoms with E-state index in [1.165, 1.54) is 16.7 Å². The second-order valence-corrected chi connectivity index (χ2v) is 6.17. The summed E-state index contributed by atoms with van der Waals surface area (Å²) in [4.78, 5) is 0.414. The van der Waals surface area contributed by atoms with Crippen LogP contribution in [0.4, 0.5) is 11.4 Å². The molecule has 0 unspecified atom stereocenters. The van der Waals surface area contributed by atoms with Crippen molar-refractivity contribution >= 4 is 28.6 Å². The number of anilines is 2. The number of aryl methyl sites for hydroxylation is 2. The van der Waals surface area contributed by atoms with Gasteiger partial charge in [-0.05, 0) is 48.6 Å². The van der Waals surface area contributed by atoms with Crippen LogP contribution < -0.4 is 11.1 Å². The molecule has 0 radical (unpaired) electrons. The van der Waals surface area contributed by atoms with E-state index in [-0.39, 0.29) is 0 Å². The van der Waals surface area contributed by atoms with E-state index in [4.69, 9.17) is 18.0 Å². The molecule has 0 heterocycles. The molecule has 0 fully saturated rings. The van der Waals surface area contributed by atoms with Crippen LogP contribution >= 0.6 is 12.2 Å². The minimum Gasteiger partial charge on any atom is -0.389 e. The predicted molar refractivity (Wildman–Crippen MR) is 95.6 cm³/mol. The van der Waals surface area contributed by atoms with Crippen molar-refractivity contribution in [3.05, 3.63) is 58.7 Å². The highest BCUT2D eigenvalue weighted by molar-refractivity contribution is 7.80. The van der Waals surface area contributed by atoms with Crippen LogP contribution in [0.25, 0.3) is 0 Å². The summed E-state index contributed by atoms with van der Waals surface area (Å²) >= 11 is 5.16. The van der Waals surface area contributed by atoms with Gasteiger partial charge >= 0.3 is 0 Å². The largest absolute Gasteiger partial charge is 0.389 e. The summed E-state index contributed by atoms with van der Waals surface area (Å²) in [5.41, 5.74) is 12.5. The average molecular weight is 298 g/mol. The molecule has 0 aromatic heterocycles. The first-order chi connectivity index (χ1) is 9.90. The van der Waals surface area contributed by atoms with Gasteiger partial charge in [0.15, 0.2) is 0 Å². The van der Waals surface area contributed by atoms with Crippen molar-refractivity contribution in [2.24, 2.45) is 5.73 Å². The van der Waals surface area contributed by atoms with Gasteiger partial charge < -0.3 is 11.1 Å². The SMILES string of the molecule is Cc1ccc(C(N)=S)c(Nc2c(C)cccc2C(C)C)c1. The van der Waals surface area contributed by atoms with Crippen LogP contribution in [0.3, 0.4) is 0 Å². The van der Waals surface area contributed by atoms with Crippen molar-refractivity contribution < 1.29 is 0 Å². The molecular formula is C18H22N2S. The quantitative estimate of drug-likeness (QED) is 0.796. The number of rotatable bonds is 4. The number of benzene rings is 2. The van der Waals surface area contributed by atoms with Gasteiger partial charge in [0.05, 0.1) is 0 Å². The maximum absolute atomic E-state index is 5.85. The zero-order valence-corrected chi connectivity index (χ0v) is 13.8. The Kier molecular flexibility index (Phi) is 4.63. The summed E-state index contributed by atoms with van der Waals surface area (Å²) in [6, 6.07) is 12.5. The van der Waals surface area contributed by atoms with E-state index in [2.05, 4.69) is 57.3 Å². The molecular weight excluding hydrogens is 276 g/mol. The van der Waals surface area contributed by atoms with E-state index < -0.39 is 0 Å². The second kappa shape index (κ2) is 6.27. The lowest BCUT2D eigenvalue weighted by Gasteiger charge is -2.19. The highest BCUT2D eigenvalue weighted by atomic mass is 32.1. The van der Waals surface area contributed by atoms with Gasteiger partial charge in [-0.2, -0.15) is 0 Å². The van der Waals surface area contributed by atoms with Crippen molar-refractivity contribution in [1.82, 2.24) is 0 Å². The van der Waals surface area contributed by atoms with E-state index in [1.54, 1.807) is 0 Å². The van der Waals surface area contributed by atoms with Gasteiger partial charge in [-0.1, -0.05) is 50.3 Å². The van der Waals surface area contributed by atoms with E-state index >= 15 is 0 Å². The smallest absolute Gasteiger partial charge is 0.106 e. The Morgan fingerprint density at radius 1 is 1.14 bits per heavy atom. The first-order valence-corrected chi connectivity index (χ1v) is 7.58. The van der Waals surface area contributed by atoms with Crippen LogP contribution in [0.15, 0.2) is 36.4 Å². The molecule has 3 N–H and O–H groups in total. The zero-order valence-electron chi connectivity index (χ0n) is 13.0. The summed E-state index contributed by atoms with van der Waals surface area (Å²) in [6.07, 6.45) is 0. The molecule has 0 atom stereocenters. The van der Waals surface area contributed by atoms with Gasteiger partial charge in [0, 0.05) is 16.9 Å². The summed E-state index contributed by atoms with van der Waals surface area (Å²) in [7, 11) is 0. The fourth-order valence-corrected chi connectivity index (χ4v) is 2.63. The maximum Gasteiger partial charge on any atom is 0.106 e. The fraction of sp³-hybridized carbons (Fsp3) is 0.278. The molecule has 2 nitrogen and oxygen atoms in total. The Balaban J connectivity index is 2.53. The van der Waals surface area contributed by atoms with Crippen molar-refractivity contribution in [3.63, 3.8) is 0 Å². The topological polar surface area (TPSA) is 38.0 Å². The first-order valence-electron chi connectivity index (χ1n) is 7.17. The first kappa shape index (κ1) is 15.5. The van der Waals surface area contributed by atoms with Gasteiger partial charge in [-0.3, -0.25) is 0 Å². The minimum atomic E-state index is 0.414. The number of nitrogens with two attached hydrogens (primary N) is 1. The van der Waals surface area contributed by atoms with Crippen LogP contribution in [0.1, 0.15) is 42.0 Å². The van der Waals surface area contributed by atoms with E-state index in [0.717, 1.165) is 16.9 Å². The van der Waals surface area contributed by atoms with Gasteiger partial charge in [-0.25, -0.2) is 0 Å². The van der Waals surface area contributed by atoms with Crippen molar-refractivity contribution in [3.8, 4) is 0 Å². The molecule has 2 aromatic rings. The number of hydrogen-bond donors (Lipinski definition) is 2. The summed E-state index contributed by atoms with van der Waals surface area (Å²) in [5.74, 6) is 0.450. The van der Waals surface area contributed by atoms with E-state index in [9.17, 15) is 0 Å². The molecule has 110 valence electrons. The Morgan fingerprint density at radius 3 is 2.48 bits per heavy atom. The molecule has 0 aliphatic carbocycles. The second-order valence-electron chi connectivity index (χ2n) is 5.73. The van der Waals surface area contributed by atoms with E-state index in [1.807, 2.05) is 12.1 Å². The molecule has 21 heavy (non-hydrogen) atoms. The third-order valence-corrected chi connectivity index (χ3v) is 3.85. The van der Waals surface area contributed by atoms with Crippen LogP contribution in [-0.4, -0.2) is 4.99 Å². The number of para-hydroxylation sites is 1. The zero-order chi connectivity index (χ0) is 15.6. The molecule has 0 spiro atoms. The molecule has 3 heteroatoms. The van der Waals surface area contributed by atoms with Crippen LogP contribution in [0.5, 0.6) is 0 Å². The van der Waals surface area contributed by atoms with Gasteiger partial charge in [0.1, 0.15) is 4.99 Å². The summed E-state index contributed by atoms with van der Waals surface area (Å²) in [6.45, 7) is 8.58. The highest BCUT2D eigenvalue weighted by Gasteiger charge is 2.12. The van der Waals surface area contributed by atoms with Crippen molar-refractivity contribution in [2.45, 2.75) is 33.6 Å². The standard InChI is InChI=1S/C18H22N2S/c1-11(2)14-7-5-6-13(4)17(14)20-16-10-12(3)8-9-15(16)18(19)21/h5-11,20H,1-4H3,(H2,19,21). The van der Waals surface area contributed by atoms with Crippen molar-refractivity contribution in [2.75, 3.05) is 5.32 Å². The lowest BCUT2D eigenvalue weighted by atomic mass is 9.97. The van der Waals surface area contributed by atoms with Crippen molar-refractivity contribution in [1.29, 1.82) is 0 Å². The van der Waals surface area contributed by atoms with Crippen LogP contribution in [-0.2, 0) is 0 Å². The van der Waals surface area contributed by atoms with Gasteiger partial charge in [0.2, 0.25) is 0 Å². The average Bonchev–Trinajstić information content (AvgIpc) is 2.40. The molecule has 2 aromatic carbocycles.